The average Bonchev–Trinajstić information content (AvgIpc) is 3.21. The summed E-state index contributed by atoms with van der Waals surface area (Å²) in [6, 6.07) is 9.29. The Morgan fingerprint density at radius 1 is 1.09 bits per heavy atom. The number of anilines is 3. The van der Waals surface area contributed by atoms with Crippen LogP contribution in [0.2, 0.25) is 0 Å². The lowest BCUT2D eigenvalue weighted by Gasteiger charge is -2.32. The largest absolute Gasteiger partial charge is 0.384 e. The van der Waals surface area contributed by atoms with E-state index in [1.165, 1.54) is 23.1 Å². The predicted molar refractivity (Wildman–Crippen MR) is 121 cm³/mol. The van der Waals surface area contributed by atoms with E-state index in [1.54, 1.807) is 0 Å². The summed E-state index contributed by atoms with van der Waals surface area (Å²) in [5.74, 6) is -0.992. The van der Waals surface area contributed by atoms with E-state index >= 15 is 0 Å². The Labute approximate surface area is 186 Å². The number of aromatic nitrogens is 3. The number of rotatable bonds is 8. The summed E-state index contributed by atoms with van der Waals surface area (Å²) in [5, 5.41) is 10.9. The highest BCUT2D eigenvalue weighted by atomic mass is 19.1. The number of ether oxygens (including phenoxy) is 1. The molecule has 1 aromatic heterocycles. The van der Waals surface area contributed by atoms with Crippen LogP contribution in [0.1, 0.15) is 18.9 Å². The summed E-state index contributed by atoms with van der Waals surface area (Å²) in [5.41, 5.74) is 3.18. The maximum Gasteiger partial charge on any atom is 0.246 e. The number of morpholine rings is 1. The fraction of sp³-hybridized carbons (Fsp3) is 0.391. The molecular weight excluding hydrogens is 414 g/mol. The molecule has 170 valence electrons. The number of nitrogens with zero attached hydrogens (tertiary/aromatic N) is 4. The zero-order valence-electron chi connectivity index (χ0n) is 18.3. The lowest BCUT2D eigenvalue weighted by atomic mass is 10.2. The molecule has 1 fully saturated rings. The zero-order chi connectivity index (χ0) is 22.5. The fourth-order valence-electron chi connectivity index (χ4n) is 3.79. The summed E-state index contributed by atoms with van der Waals surface area (Å²) in [4.78, 5) is 6.62. The lowest BCUT2D eigenvalue weighted by molar-refractivity contribution is -0.0282. The van der Waals surface area contributed by atoms with Crippen molar-refractivity contribution in [3.63, 3.8) is 0 Å². The van der Waals surface area contributed by atoms with E-state index in [4.69, 9.17) is 4.74 Å². The van der Waals surface area contributed by atoms with Gasteiger partial charge in [0.2, 0.25) is 5.95 Å². The molecule has 1 atom stereocenters. The molecule has 2 heterocycles. The van der Waals surface area contributed by atoms with Crippen LogP contribution < -0.4 is 10.6 Å². The third-order valence-electron chi connectivity index (χ3n) is 5.37. The van der Waals surface area contributed by atoms with Gasteiger partial charge < -0.3 is 15.4 Å². The first-order valence-electron chi connectivity index (χ1n) is 10.8. The molecule has 7 nitrogen and oxygen atoms in total. The van der Waals surface area contributed by atoms with E-state index < -0.39 is 11.6 Å². The highest BCUT2D eigenvalue weighted by molar-refractivity contribution is 5.63. The fourth-order valence-corrected chi connectivity index (χ4v) is 3.79. The van der Waals surface area contributed by atoms with Crippen LogP contribution >= 0.6 is 0 Å². The Bertz CT molecular complexity index is 1040. The van der Waals surface area contributed by atoms with E-state index in [2.05, 4.69) is 38.6 Å². The molecule has 0 aliphatic carbocycles. The van der Waals surface area contributed by atoms with E-state index in [-0.39, 0.29) is 5.69 Å². The van der Waals surface area contributed by atoms with Crippen LogP contribution in [-0.2, 0) is 4.74 Å². The molecule has 1 aliphatic rings. The van der Waals surface area contributed by atoms with Crippen molar-refractivity contribution >= 4 is 17.3 Å². The average molecular weight is 443 g/mol. The number of benzene rings is 2. The van der Waals surface area contributed by atoms with Crippen LogP contribution in [0.3, 0.4) is 0 Å². The van der Waals surface area contributed by atoms with Gasteiger partial charge >= 0.3 is 0 Å². The topological polar surface area (TPSA) is 67.2 Å². The van der Waals surface area contributed by atoms with Crippen molar-refractivity contribution in [2.45, 2.75) is 26.4 Å². The van der Waals surface area contributed by atoms with E-state index in [0.29, 0.717) is 12.1 Å². The molecule has 32 heavy (non-hydrogen) atoms. The minimum Gasteiger partial charge on any atom is -0.384 e. The van der Waals surface area contributed by atoms with Gasteiger partial charge in [-0.1, -0.05) is 6.92 Å². The summed E-state index contributed by atoms with van der Waals surface area (Å²) in [6.45, 7) is 8.68. The summed E-state index contributed by atoms with van der Waals surface area (Å²) >= 11 is 0. The molecule has 2 N–H and O–H groups in total. The first-order chi connectivity index (χ1) is 15.5. The van der Waals surface area contributed by atoms with Gasteiger partial charge in [-0.15, -0.1) is 5.10 Å². The Balaban J connectivity index is 1.37. The monoisotopic (exact) mass is 442 g/mol. The molecule has 4 rings (SSSR count). The van der Waals surface area contributed by atoms with Gasteiger partial charge in [0.1, 0.15) is 18.0 Å². The molecular formula is C23H28F2N6O. The van der Waals surface area contributed by atoms with Crippen molar-refractivity contribution in [1.29, 1.82) is 0 Å². The first-order valence-corrected chi connectivity index (χ1v) is 10.8. The Hall–Kier alpha value is -3.04. The number of hydrogen-bond donors (Lipinski definition) is 2. The van der Waals surface area contributed by atoms with E-state index in [1.807, 2.05) is 19.1 Å². The van der Waals surface area contributed by atoms with Gasteiger partial charge in [0.15, 0.2) is 0 Å². The highest BCUT2D eigenvalue weighted by Gasteiger charge is 2.18. The zero-order valence-corrected chi connectivity index (χ0v) is 18.3. The smallest absolute Gasteiger partial charge is 0.246 e. The minimum atomic E-state index is -0.665. The maximum absolute atomic E-state index is 13.5. The van der Waals surface area contributed by atoms with Gasteiger partial charge in [0, 0.05) is 43.6 Å². The summed E-state index contributed by atoms with van der Waals surface area (Å²) in [6.07, 6.45) is 2.78. The second-order valence-electron chi connectivity index (χ2n) is 7.98. The molecule has 9 heteroatoms. The molecule has 0 spiro atoms. The van der Waals surface area contributed by atoms with Gasteiger partial charge in [-0.05, 0) is 49.2 Å². The second-order valence-corrected chi connectivity index (χ2v) is 7.98. The molecule has 0 bridgehead atoms. The molecule has 0 saturated carbocycles. The maximum atomic E-state index is 13.5. The number of hydrogen-bond acceptors (Lipinski definition) is 6. The predicted octanol–water partition coefficient (Wildman–Crippen LogP) is 4.12. The van der Waals surface area contributed by atoms with Crippen molar-refractivity contribution in [3.8, 4) is 5.69 Å². The number of aryl methyl sites for hydroxylation is 1. The Morgan fingerprint density at radius 2 is 1.88 bits per heavy atom. The summed E-state index contributed by atoms with van der Waals surface area (Å²) in [7, 11) is 0. The molecule has 3 aromatic rings. The first kappa shape index (κ1) is 22.2. The van der Waals surface area contributed by atoms with Gasteiger partial charge in [0.05, 0.1) is 18.4 Å². The highest BCUT2D eigenvalue weighted by Crippen LogP contribution is 2.22. The van der Waals surface area contributed by atoms with Gasteiger partial charge in [0.25, 0.3) is 0 Å². The van der Waals surface area contributed by atoms with Gasteiger partial charge in [-0.3, -0.25) is 4.90 Å². The molecule has 1 aliphatic heterocycles. The van der Waals surface area contributed by atoms with Crippen molar-refractivity contribution in [2.75, 3.05) is 43.4 Å². The normalized spacial score (nSPS) is 16.8. The third kappa shape index (κ3) is 5.80. The van der Waals surface area contributed by atoms with Crippen LogP contribution in [-0.4, -0.2) is 58.6 Å². The van der Waals surface area contributed by atoms with Crippen molar-refractivity contribution in [1.82, 2.24) is 19.7 Å². The Kier molecular flexibility index (Phi) is 6.96. The number of nitrogens with one attached hydrogen (secondary N) is 2. The SMILES string of the molecule is CCC1CN(CCNc2cc(C)cc(Nc3ncn(-c4cc(F)cc(F)c4)n3)c2)CCO1. The van der Waals surface area contributed by atoms with Crippen molar-refractivity contribution < 1.29 is 13.5 Å². The van der Waals surface area contributed by atoms with Crippen LogP contribution in [0.25, 0.3) is 5.69 Å². The van der Waals surface area contributed by atoms with Crippen LogP contribution in [0, 0.1) is 18.6 Å². The van der Waals surface area contributed by atoms with Gasteiger partial charge in [-0.25, -0.2) is 13.5 Å². The number of halogens is 2. The van der Waals surface area contributed by atoms with Crippen LogP contribution in [0.4, 0.5) is 26.1 Å². The third-order valence-corrected chi connectivity index (χ3v) is 5.37. The van der Waals surface area contributed by atoms with E-state index in [9.17, 15) is 8.78 Å². The van der Waals surface area contributed by atoms with Crippen LogP contribution in [0.5, 0.6) is 0 Å². The van der Waals surface area contributed by atoms with Gasteiger partial charge in [-0.2, -0.15) is 4.98 Å². The van der Waals surface area contributed by atoms with Crippen molar-refractivity contribution in [2.24, 2.45) is 0 Å². The quantitative estimate of drug-likeness (QED) is 0.547. The second kappa shape index (κ2) is 10.1. The minimum absolute atomic E-state index is 0.267. The summed E-state index contributed by atoms with van der Waals surface area (Å²) < 4.78 is 34.0. The standard InChI is InChI=1S/C23H28F2N6O/c1-3-22-14-30(6-7-32-22)5-4-26-19-8-16(2)9-20(13-19)28-23-27-15-31(29-23)21-11-17(24)10-18(25)12-21/h8-13,15,22,26H,3-7,14H2,1-2H3,(H,28,29). The van der Waals surface area contributed by atoms with Crippen LogP contribution in [0.15, 0.2) is 42.7 Å². The molecule has 0 amide bonds. The molecule has 1 unspecified atom stereocenters. The molecule has 1 saturated heterocycles. The van der Waals surface area contributed by atoms with E-state index in [0.717, 1.165) is 62.2 Å². The lowest BCUT2D eigenvalue weighted by Crippen LogP contribution is -2.43. The Morgan fingerprint density at radius 3 is 2.66 bits per heavy atom. The molecule has 0 radical (unpaired) electrons. The molecule has 2 aromatic carbocycles. The van der Waals surface area contributed by atoms with Crippen molar-refractivity contribution in [3.05, 3.63) is 59.9 Å².